The highest BCUT2D eigenvalue weighted by atomic mass is 32.2. The molecule has 0 spiro atoms. The van der Waals surface area contributed by atoms with Crippen molar-refractivity contribution in [1.29, 1.82) is 0 Å². The molecular formula is C27H31N4O3S+. The van der Waals surface area contributed by atoms with E-state index in [1.807, 2.05) is 0 Å². The van der Waals surface area contributed by atoms with E-state index in [-0.39, 0.29) is 10.8 Å². The number of benzene rings is 3. The molecule has 1 saturated heterocycles. The van der Waals surface area contributed by atoms with Crippen LogP contribution in [0.15, 0.2) is 71.6 Å². The number of aromatic nitrogens is 1. The number of quaternary nitrogens is 1. The summed E-state index contributed by atoms with van der Waals surface area (Å²) in [4.78, 5) is 12.8. The summed E-state index contributed by atoms with van der Waals surface area (Å²) in [6, 6.07) is 21.6. The van der Waals surface area contributed by atoms with E-state index in [1.165, 1.54) is 39.2 Å². The maximum Gasteiger partial charge on any atom is 0.243 e. The monoisotopic (exact) mass is 491 g/mol. The SMILES string of the molecule is CCn1c2ccccc2c2cc(C[NH+]3CCN(S(=O)(=O)c4ccc(NC(C)=O)cc4)CC3)ccc21. The second-order valence-corrected chi connectivity index (χ2v) is 11.1. The Balaban J connectivity index is 1.27. The molecule has 0 radical (unpaired) electrons. The zero-order chi connectivity index (χ0) is 24.6. The molecule has 1 aliphatic rings. The minimum Gasteiger partial charge on any atom is -0.341 e. The zero-order valence-corrected chi connectivity index (χ0v) is 20.9. The first-order valence-electron chi connectivity index (χ1n) is 12.1. The van der Waals surface area contributed by atoms with Gasteiger partial charge in [0.25, 0.3) is 0 Å². The number of hydrogen-bond donors (Lipinski definition) is 2. The molecule has 0 atom stereocenters. The van der Waals surface area contributed by atoms with Gasteiger partial charge in [0.1, 0.15) is 6.54 Å². The molecule has 7 nitrogen and oxygen atoms in total. The Morgan fingerprint density at radius 1 is 0.943 bits per heavy atom. The maximum atomic E-state index is 13.1. The predicted octanol–water partition coefficient (Wildman–Crippen LogP) is 2.86. The van der Waals surface area contributed by atoms with Crippen LogP contribution in [0.3, 0.4) is 0 Å². The number of carbonyl (C=O) groups is 1. The first-order chi connectivity index (χ1) is 16.9. The molecule has 0 bridgehead atoms. The zero-order valence-electron chi connectivity index (χ0n) is 20.1. The van der Waals surface area contributed by atoms with Crippen molar-refractivity contribution in [2.45, 2.75) is 31.8 Å². The van der Waals surface area contributed by atoms with Crippen molar-refractivity contribution in [3.63, 3.8) is 0 Å². The van der Waals surface area contributed by atoms with Gasteiger partial charge < -0.3 is 14.8 Å². The molecule has 1 aliphatic heterocycles. The molecule has 3 aromatic carbocycles. The predicted molar refractivity (Wildman–Crippen MR) is 139 cm³/mol. The number of carbonyl (C=O) groups excluding carboxylic acids is 1. The summed E-state index contributed by atoms with van der Waals surface area (Å²) in [6.45, 7) is 7.91. The van der Waals surface area contributed by atoms with E-state index in [4.69, 9.17) is 0 Å². The average Bonchev–Trinajstić information content (AvgIpc) is 3.17. The van der Waals surface area contributed by atoms with Crippen LogP contribution in [0.5, 0.6) is 0 Å². The standard InChI is InChI=1S/C27H30N4O3S/c1-3-31-26-7-5-4-6-24(26)25-18-21(8-13-27(25)31)19-29-14-16-30(17-15-29)35(33,34)23-11-9-22(10-12-23)28-20(2)32/h4-13,18H,3,14-17,19H2,1-2H3,(H,28,32)/p+1. The van der Waals surface area contributed by atoms with E-state index in [9.17, 15) is 13.2 Å². The van der Waals surface area contributed by atoms with E-state index < -0.39 is 10.0 Å². The van der Waals surface area contributed by atoms with Crippen molar-refractivity contribution >= 4 is 43.4 Å². The summed E-state index contributed by atoms with van der Waals surface area (Å²) in [5.74, 6) is -0.185. The average molecular weight is 492 g/mol. The lowest BCUT2D eigenvalue weighted by molar-refractivity contribution is -0.917. The van der Waals surface area contributed by atoms with Crippen molar-refractivity contribution in [2.24, 2.45) is 0 Å². The van der Waals surface area contributed by atoms with Crippen molar-refractivity contribution in [1.82, 2.24) is 8.87 Å². The fourth-order valence-electron chi connectivity index (χ4n) is 5.12. The molecular weight excluding hydrogens is 460 g/mol. The number of rotatable bonds is 6. The van der Waals surface area contributed by atoms with Crippen LogP contribution in [-0.4, -0.2) is 49.4 Å². The summed E-state index contributed by atoms with van der Waals surface area (Å²) in [5.41, 5.74) is 4.38. The Kier molecular flexibility index (Phi) is 6.35. The van der Waals surface area contributed by atoms with Gasteiger partial charge in [0.05, 0.1) is 31.1 Å². The highest BCUT2D eigenvalue weighted by Crippen LogP contribution is 2.29. The van der Waals surface area contributed by atoms with Crippen LogP contribution in [0.2, 0.25) is 0 Å². The molecule has 2 heterocycles. The number of anilines is 1. The third kappa shape index (κ3) is 4.57. The largest absolute Gasteiger partial charge is 0.341 e. The quantitative estimate of drug-likeness (QED) is 0.436. The van der Waals surface area contributed by atoms with Crippen molar-refractivity contribution < 1.29 is 18.1 Å². The summed E-state index contributed by atoms with van der Waals surface area (Å²) in [7, 11) is -3.55. The number of piperazine rings is 1. The van der Waals surface area contributed by atoms with Gasteiger partial charge in [-0.2, -0.15) is 4.31 Å². The van der Waals surface area contributed by atoms with Crippen LogP contribution in [0.25, 0.3) is 21.8 Å². The lowest BCUT2D eigenvalue weighted by Crippen LogP contribution is -3.13. The number of sulfonamides is 1. The fourth-order valence-corrected chi connectivity index (χ4v) is 6.56. The number of nitrogens with zero attached hydrogens (tertiary/aromatic N) is 2. The van der Waals surface area contributed by atoms with Gasteiger partial charge in [-0.3, -0.25) is 4.79 Å². The second kappa shape index (κ2) is 9.45. The van der Waals surface area contributed by atoms with Gasteiger partial charge in [-0.1, -0.05) is 24.3 Å². The Labute approximate surface area is 206 Å². The topological polar surface area (TPSA) is 75.8 Å². The van der Waals surface area contributed by atoms with Gasteiger partial charge in [-0.25, -0.2) is 8.42 Å². The Hall–Kier alpha value is -3.20. The second-order valence-electron chi connectivity index (χ2n) is 9.15. The van der Waals surface area contributed by atoms with Gasteiger partial charge in [0.2, 0.25) is 15.9 Å². The molecule has 5 rings (SSSR count). The van der Waals surface area contributed by atoms with E-state index in [2.05, 4.69) is 59.3 Å². The minimum atomic E-state index is -3.55. The van der Waals surface area contributed by atoms with Crippen LogP contribution >= 0.6 is 0 Å². The smallest absolute Gasteiger partial charge is 0.243 e. The molecule has 35 heavy (non-hydrogen) atoms. The van der Waals surface area contributed by atoms with Crippen LogP contribution in [0, 0.1) is 0 Å². The highest BCUT2D eigenvalue weighted by molar-refractivity contribution is 7.89. The molecule has 4 aromatic rings. The molecule has 0 unspecified atom stereocenters. The number of aryl methyl sites for hydroxylation is 1. The van der Waals surface area contributed by atoms with Gasteiger partial charge in [-0.15, -0.1) is 0 Å². The lowest BCUT2D eigenvalue weighted by atomic mass is 10.1. The highest BCUT2D eigenvalue weighted by Gasteiger charge is 2.30. The van der Waals surface area contributed by atoms with Crippen LogP contribution in [0.4, 0.5) is 5.69 Å². The Morgan fingerprint density at radius 2 is 1.63 bits per heavy atom. The summed E-state index contributed by atoms with van der Waals surface area (Å²) >= 11 is 0. The third-order valence-corrected chi connectivity index (χ3v) is 8.76. The number of fused-ring (bicyclic) bond motifs is 3. The van der Waals surface area contributed by atoms with Gasteiger partial charge in [0, 0.05) is 46.5 Å². The lowest BCUT2D eigenvalue weighted by Gasteiger charge is -2.31. The normalized spacial score (nSPS) is 15.6. The summed E-state index contributed by atoms with van der Waals surface area (Å²) in [6.07, 6.45) is 0. The molecule has 1 amide bonds. The van der Waals surface area contributed by atoms with E-state index >= 15 is 0 Å². The van der Waals surface area contributed by atoms with Gasteiger partial charge >= 0.3 is 0 Å². The summed E-state index contributed by atoms with van der Waals surface area (Å²) in [5, 5.41) is 5.23. The molecule has 0 aliphatic carbocycles. The number of amides is 1. The number of para-hydroxylation sites is 1. The molecule has 182 valence electrons. The first kappa shape index (κ1) is 23.5. The molecule has 2 N–H and O–H groups in total. The molecule has 0 saturated carbocycles. The minimum absolute atomic E-state index is 0.185. The van der Waals surface area contributed by atoms with E-state index in [1.54, 1.807) is 28.6 Å². The number of hydrogen-bond acceptors (Lipinski definition) is 3. The Morgan fingerprint density at radius 3 is 2.31 bits per heavy atom. The molecule has 8 heteroatoms. The maximum absolute atomic E-state index is 13.1. The number of nitrogens with one attached hydrogen (secondary N) is 2. The van der Waals surface area contributed by atoms with Crippen LogP contribution in [-0.2, 0) is 27.9 Å². The van der Waals surface area contributed by atoms with Gasteiger partial charge in [-0.05, 0) is 49.4 Å². The third-order valence-electron chi connectivity index (χ3n) is 6.85. The molecule has 1 fully saturated rings. The summed E-state index contributed by atoms with van der Waals surface area (Å²) < 4.78 is 30.2. The first-order valence-corrected chi connectivity index (χ1v) is 13.5. The van der Waals surface area contributed by atoms with Crippen LogP contribution < -0.4 is 10.2 Å². The van der Waals surface area contributed by atoms with Crippen molar-refractivity contribution in [2.75, 3.05) is 31.5 Å². The van der Waals surface area contributed by atoms with Crippen molar-refractivity contribution in [3.8, 4) is 0 Å². The Bertz CT molecular complexity index is 1480. The van der Waals surface area contributed by atoms with E-state index in [0.717, 1.165) is 26.2 Å². The van der Waals surface area contributed by atoms with E-state index in [0.29, 0.717) is 18.8 Å². The van der Waals surface area contributed by atoms with Crippen molar-refractivity contribution in [3.05, 3.63) is 72.3 Å². The molecule has 1 aromatic heterocycles. The fraction of sp³-hybridized carbons (Fsp3) is 0.296. The van der Waals surface area contributed by atoms with Gasteiger partial charge in [0.15, 0.2) is 0 Å². The van der Waals surface area contributed by atoms with Crippen LogP contribution in [0.1, 0.15) is 19.4 Å².